The van der Waals surface area contributed by atoms with Crippen LogP contribution >= 0.6 is 0 Å². The molecule has 0 spiro atoms. The molecular formula is C15H24N3O2+. The molecule has 0 aliphatic rings. The van der Waals surface area contributed by atoms with Crippen molar-refractivity contribution < 1.29 is 14.5 Å². The maximum atomic E-state index is 11.7. The molecule has 3 N–H and O–H groups in total. The Hall–Kier alpha value is -1.88. The van der Waals surface area contributed by atoms with E-state index in [4.69, 9.17) is 0 Å². The van der Waals surface area contributed by atoms with E-state index in [0.717, 1.165) is 11.4 Å². The minimum Gasteiger partial charge on any atom is -0.355 e. The lowest BCUT2D eigenvalue weighted by molar-refractivity contribution is -0.885. The summed E-state index contributed by atoms with van der Waals surface area (Å²) in [4.78, 5) is 24.1. The van der Waals surface area contributed by atoms with Crippen LogP contribution in [0.25, 0.3) is 0 Å². The molecule has 0 bridgehead atoms. The standard InChI is InChI=1S/C15H23N3O2/c1-4-16-14(19)9-17-15(20)11-18(3)10-13-8-6-5-7-12(13)2/h5-8H,4,9-11H2,1-3H3,(H,16,19)(H,17,20)/p+1. The van der Waals surface area contributed by atoms with Crippen LogP contribution in [0.2, 0.25) is 0 Å². The summed E-state index contributed by atoms with van der Waals surface area (Å²) < 4.78 is 0. The number of carbonyl (C=O) groups is 2. The van der Waals surface area contributed by atoms with Crippen molar-refractivity contribution in [3.05, 3.63) is 35.4 Å². The quantitative estimate of drug-likeness (QED) is 0.615. The van der Waals surface area contributed by atoms with Gasteiger partial charge in [-0.2, -0.15) is 0 Å². The number of carbonyl (C=O) groups excluding carboxylic acids is 2. The fraction of sp³-hybridized carbons (Fsp3) is 0.467. The fourth-order valence-corrected chi connectivity index (χ4v) is 1.97. The maximum Gasteiger partial charge on any atom is 0.275 e. The third-order valence-electron chi connectivity index (χ3n) is 3.04. The molecule has 0 radical (unpaired) electrons. The molecule has 0 saturated carbocycles. The van der Waals surface area contributed by atoms with Gasteiger partial charge in [0, 0.05) is 12.1 Å². The van der Waals surface area contributed by atoms with Crippen molar-refractivity contribution >= 4 is 11.8 Å². The van der Waals surface area contributed by atoms with Gasteiger partial charge in [0.05, 0.1) is 13.6 Å². The van der Waals surface area contributed by atoms with E-state index >= 15 is 0 Å². The first-order valence-corrected chi connectivity index (χ1v) is 6.92. The largest absolute Gasteiger partial charge is 0.355 e. The lowest BCUT2D eigenvalue weighted by atomic mass is 10.1. The van der Waals surface area contributed by atoms with Gasteiger partial charge < -0.3 is 15.5 Å². The monoisotopic (exact) mass is 278 g/mol. The number of quaternary nitrogens is 1. The van der Waals surface area contributed by atoms with Crippen molar-refractivity contribution in [1.82, 2.24) is 10.6 Å². The Morgan fingerprint density at radius 1 is 1.15 bits per heavy atom. The van der Waals surface area contributed by atoms with Crippen molar-refractivity contribution in [3.63, 3.8) is 0 Å². The van der Waals surface area contributed by atoms with Gasteiger partial charge in [0.15, 0.2) is 6.54 Å². The lowest BCUT2D eigenvalue weighted by Gasteiger charge is -2.15. The molecule has 1 atom stereocenters. The Bertz CT molecular complexity index is 460. The normalized spacial score (nSPS) is 11.8. The van der Waals surface area contributed by atoms with Crippen LogP contribution in [0, 0.1) is 6.92 Å². The molecule has 1 unspecified atom stereocenters. The molecule has 1 aromatic rings. The number of aryl methyl sites for hydroxylation is 1. The first-order chi connectivity index (χ1) is 9.52. The van der Waals surface area contributed by atoms with Gasteiger partial charge in [0.2, 0.25) is 5.91 Å². The van der Waals surface area contributed by atoms with E-state index in [1.54, 1.807) is 0 Å². The van der Waals surface area contributed by atoms with E-state index in [0.29, 0.717) is 13.1 Å². The van der Waals surface area contributed by atoms with E-state index in [2.05, 4.69) is 29.7 Å². The van der Waals surface area contributed by atoms with Crippen LogP contribution in [0.4, 0.5) is 0 Å². The average Bonchev–Trinajstić information content (AvgIpc) is 2.39. The summed E-state index contributed by atoms with van der Waals surface area (Å²) >= 11 is 0. The second-order valence-corrected chi connectivity index (χ2v) is 4.97. The van der Waals surface area contributed by atoms with Crippen molar-refractivity contribution in [1.29, 1.82) is 0 Å². The molecule has 1 aromatic carbocycles. The minimum atomic E-state index is -0.155. The molecule has 110 valence electrons. The Morgan fingerprint density at radius 3 is 2.50 bits per heavy atom. The van der Waals surface area contributed by atoms with E-state index in [1.165, 1.54) is 11.1 Å². The summed E-state index contributed by atoms with van der Waals surface area (Å²) in [6, 6.07) is 8.15. The number of nitrogens with one attached hydrogen (secondary N) is 3. The highest BCUT2D eigenvalue weighted by molar-refractivity contribution is 5.84. The zero-order valence-electron chi connectivity index (χ0n) is 12.5. The highest BCUT2D eigenvalue weighted by Crippen LogP contribution is 2.04. The van der Waals surface area contributed by atoms with Gasteiger partial charge in [-0.1, -0.05) is 24.3 Å². The van der Waals surface area contributed by atoms with Crippen LogP contribution in [-0.4, -0.2) is 38.5 Å². The fourth-order valence-electron chi connectivity index (χ4n) is 1.97. The molecule has 5 nitrogen and oxygen atoms in total. The van der Waals surface area contributed by atoms with Gasteiger partial charge in [-0.15, -0.1) is 0 Å². The molecule has 0 heterocycles. The number of hydrogen-bond donors (Lipinski definition) is 3. The Balaban J connectivity index is 2.35. The van der Waals surface area contributed by atoms with Crippen molar-refractivity contribution in [2.75, 3.05) is 26.7 Å². The van der Waals surface area contributed by atoms with Crippen molar-refractivity contribution in [3.8, 4) is 0 Å². The highest BCUT2D eigenvalue weighted by atomic mass is 16.2. The Morgan fingerprint density at radius 2 is 1.85 bits per heavy atom. The summed E-state index contributed by atoms with van der Waals surface area (Å²) in [7, 11) is 1.97. The van der Waals surface area contributed by atoms with Gasteiger partial charge in [0.1, 0.15) is 6.54 Å². The summed E-state index contributed by atoms with van der Waals surface area (Å²) in [6.45, 7) is 5.68. The van der Waals surface area contributed by atoms with Gasteiger partial charge in [-0.3, -0.25) is 9.59 Å². The highest BCUT2D eigenvalue weighted by Gasteiger charge is 2.12. The zero-order chi connectivity index (χ0) is 15.0. The second-order valence-electron chi connectivity index (χ2n) is 4.97. The van der Waals surface area contributed by atoms with Gasteiger partial charge in [-0.25, -0.2) is 0 Å². The van der Waals surface area contributed by atoms with E-state index in [9.17, 15) is 9.59 Å². The minimum absolute atomic E-state index is 0.0460. The molecular weight excluding hydrogens is 254 g/mol. The van der Waals surface area contributed by atoms with Crippen molar-refractivity contribution in [2.45, 2.75) is 20.4 Å². The average molecular weight is 278 g/mol. The predicted molar refractivity (Wildman–Crippen MR) is 78.3 cm³/mol. The van der Waals surface area contributed by atoms with E-state index in [-0.39, 0.29) is 18.4 Å². The third kappa shape index (κ3) is 5.84. The van der Waals surface area contributed by atoms with Crippen LogP contribution < -0.4 is 15.5 Å². The molecule has 5 heteroatoms. The van der Waals surface area contributed by atoms with Crippen LogP contribution in [0.5, 0.6) is 0 Å². The van der Waals surface area contributed by atoms with Gasteiger partial charge >= 0.3 is 0 Å². The molecule has 2 amide bonds. The SMILES string of the molecule is CCNC(=O)CNC(=O)C[NH+](C)Cc1ccccc1C. The Labute approximate surface area is 120 Å². The number of amides is 2. The summed E-state index contributed by atoms with van der Waals surface area (Å²) in [6.07, 6.45) is 0. The van der Waals surface area contributed by atoms with E-state index < -0.39 is 0 Å². The molecule has 1 rings (SSSR count). The predicted octanol–water partition coefficient (Wildman–Crippen LogP) is -0.738. The molecule has 0 saturated heterocycles. The van der Waals surface area contributed by atoms with Crippen LogP contribution in [0.1, 0.15) is 18.1 Å². The van der Waals surface area contributed by atoms with Crippen LogP contribution in [0.15, 0.2) is 24.3 Å². The van der Waals surface area contributed by atoms with Crippen LogP contribution in [0.3, 0.4) is 0 Å². The lowest BCUT2D eigenvalue weighted by Crippen LogP contribution is -3.09. The number of benzene rings is 1. The first kappa shape index (κ1) is 16.2. The van der Waals surface area contributed by atoms with Crippen molar-refractivity contribution in [2.24, 2.45) is 0 Å². The third-order valence-corrected chi connectivity index (χ3v) is 3.04. The number of hydrogen-bond acceptors (Lipinski definition) is 2. The molecule has 0 aromatic heterocycles. The summed E-state index contributed by atoms with van der Waals surface area (Å²) in [5, 5.41) is 5.27. The zero-order valence-corrected chi connectivity index (χ0v) is 12.5. The van der Waals surface area contributed by atoms with Gasteiger partial charge in [0.25, 0.3) is 5.91 Å². The summed E-state index contributed by atoms with van der Waals surface area (Å²) in [5.74, 6) is -0.264. The summed E-state index contributed by atoms with van der Waals surface area (Å²) in [5.41, 5.74) is 2.47. The molecule has 0 aliphatic carbocycles. The maximum absolute atomic E-state index is 11.7. The smallest absolute Gasteiger partial charge is 0.275 e. The van der Waals surface area contributed by atoms with E-state index in [1.807, 2.05) is 26.1 Å². The van der Waals surface area contributed by atoms with Gasteiger partial charge in [-0.05, 0) is 19.4 Å². The number of rotatable bonds is 7. The Kier molecular flexibility index (Phi) is 6.73. The number of likely N-dealkylation sites (N-methyl/N-ethyl adjacent to an activating group) is 2. The molecule has 0 aliphatic heterocycles. The molecule has 20 heavy (non-hydrogen) atoms. The topological polar surface area (TPSA) is 62.6 Å². The van der Waals surface area contributed by atoms with Crippen LogP contribution in [-0.2, 0) is 16.1 Å². The second kappa shape index (κ2) is 8.32. The first-order valence-electron chi connectivity index (χ1n) is 6.92. The molecule has 0 fully saturated rings.